The van der Waals surface area contributed by atoms with Gasteiger partial charge in [-0.15, -0.1) is 11.6 Å². The second-order valence-electron chi connectivity index (χ2n) is 2.75. The smallest absolute Gasteiger partial charge is 0.259 e. The van der Waals surface area contributed by atoms with Gasteiger partial charge in [0, 0.05) is 4.47 Å². The molecule has 2 rings (SSSR count). The first-order valence-corrected chi connectivity index (χ1v) is 5.76. The third-order valence-electron chi connectivity index (χ3n) is 1.77. The molecule has 15 heavy (non-hydrogen) atoms. The second-order valence-corrected chi connectivity index (χ2v) is 4.25. The van der Waals surface area contributed by atoms with Gasteiger partial charge in [0.15, 0.2) is 5.82 Å². The van der Waals surface area contributed by atoms with Crippen molar-refractivity contribution >= 4 is 39.1 Å². The summed E-state index contributed by atoms with van der Waals surface area (Å²) in [5, 5.41) is 4.23. The van der Waals surface area contributed by atoms with Gasteiger partial charge in [0.1, 0.15) is 0 Å². The lowest BCUT2D eigenvalue weighted by Crippen LogP contribution is -1.82. The van der Waals surface area contributed by atoms with Crippen molar-refractivity contribution in [3.05, 3.63) is 33.5 Å². The van der Waals surface area contributed by atoms with Crippen molar-refractivity contribution in [3.8, 4) is 11.5 Å². The molecule has 0 atom stereocenters. The Labute approximate surface area is 105 Å². The quantitative estimate of drug-likeness (QED) is 0.790. The van der Waals surface area contributed by atoms with Gasteiger partial charge in [0.25, 0.3) is 5.89 Å². The van der Waals surface area contributed by atoms with E-state index in [9.17, 15) is 0 Å². The van der Waals surface area contributed by atoms with E-state index in [4.69, 9.17) is 27.7 Å². The summed E-state index contributed by atoms with van der Waals surface area (Å²) < 4.78 is 5.81. The minimum atomic E-state index is 0.217. The zero-order valence-electron chi connectivity index (χ0n) is 7.38. The molecule has 0 saturated carbocycles. The second kappa shape index (κ2) is 4.51. The third-order valence-corrected chi connectivity index (χ3v) is 3.30. The van der Waals surface area contributed by atoms with E-state index < -0.39 is 0 Å². The van der Waals surface area contributed by atoms with Gasteiger partial charge in [-0.2, -0.15) is 4.98 Å². The Bertz CT molecular complexity index is 487. The lowest BCUT2D eigenvalue weighted by molar-refractivity contribution is 0.425. The van der Waals surface area contributed by atoms with E-state index in [1.54, 1.807) is 6.07 Å². The van der Waals surface area contributed by atoms with E-state index in [2.05, 4.69) is 26.1 Å². The monoisotopic (exact) mass is 306 g/mol. The molecule has 1 heterocycles. The molecule has 0 radical (unpaired) electrons. The van der Waals surface area contributed by atoms with Crippen LogP contribution >= 0.6 is 39.1 Å². The molecule has 1 aromatic carbocycles. The maximum Gasteiger partial charge on any atom is 0.259 e. The summed E-state index contributed by atoms with van der Waals surface area (Å²) >= 11 is 15.0. The maximum absolute atomic E-state index is 6.07. The lowest BCUT2D eigenvalue weighted by atomic mass is 10.2. The first-order chi connectivity index (χ1) is 7.22. The van der Waals surface area contributed by atoms with E-state index in [1.807, 2.05) is 12.1 Å². The maximum atomic E-state index is 6.07. The molecule has 0 amide bonds. The highest BCUT2D eigenvalue weighted by Gasteiger charge is 2.13. The van der Waals surface area contributed by atoms with Crippen LogP contribution in [0.25, 0.3) is 11.5 Å². The normalized spacial score (nSPS) is 10.6. The molecule has 2 aromatic rings. The fourth-order valence-electron chi connectivity index (χ4n) is 1.09. The Balaban J connectivity index is 2.49. The number of alkyl halides is 1. The fraction of sp³-hybridized carbons (Fsp3) is 0.111. The molecule has 0 aliphatic heterocycles. The number of hydrogen-bond acceptors (Lipinski definition) is 3. The summed E-state index contributed by atoms with van der Waals surface area (Å²) in [7, 11) is 0. The van der Waals surface area contributed by atoms with Crippen LogP contribution in [-0.4, -0.2) is 10.1 Å². The van der Waals surface area contributed by atoms with Crippen LogP contribution < -0.4 is 0 Å². The van der Waals surface area contributed by atoms with Crippen molar-refractivity contribution in [2.75, 3.05) is 0 Å². The van der Waals surface area contributed by atoms with E-state index >= 15 is 0 Å². The topological polar surface area (TPSA) is 38.9 Å². The summed E-state index contributed by atoms with van der Waals surface area (Å²) in [6.45, 7) is 0. The van der Waals surface area contributed by atoms with Crippen molar-refractivity contribution in [2.45, 2.75) is 5.88 Å². The van der Waals surface area contributed by atoms with Crippen molar-refractivity contribution < 1.29 is 4.52 Å². The van der Waals surface area contributed by atoms with Crippen molar-refractivity contribution in [3.63, 3.8) is 0 Å². The van der Waals surface area contributed by atoms with Gasteiger partial charge in [0.05, 0.1) is 16.5 Å². The Morgan fingerprint density at radius 1 is 1.40 bits per heavy atom. The van der Waals surface area contributed by atoms with E-state index in [0.717, 1.165) is 4.47 Å². The molecule has 0 aliphatic carbocycles. The average molecular weight is 308 g/mol. The molecule has 78 valence electrons. The van der Waals surface area contributed by atoms with Gasteiger partial charge < -0.3 is 4.52 Å². The van der Waals surface area contributed by atoms with Crippen LogP contribution in [-0.2, 0) is 5.88 Å². The largest absolute Gasteiger partial charge is 0.334 e. The Morgan fingerprint density at radius 3 is 2.87 bits per heavy atom. The summed E-state index contributed by atoms with van der Waals surface area (Å²) in [6.07, 6.45) is 0. The predicted octanol–water partition coefficient (Wildman–Crippen LogP) is 3.89. The number of aromatic nitrogens is 2. The van der Waals surface area contributed by atoms with Crippen LogP contribution in [0.2, 0.25) is 5.02 Å². The summed E-state index contributed by atoms with van der Waals surface area (Å²) in [5.74, 6) is 1.04. The van der Waals surface area contributed by atoms with E-state index in [0.29, 0.717) is 22.3 Å². The Morgan fingerprint density at radius 2 is 2.20 bits per heavy atom. The third kappa shape index (κ3) is 2.17. The number of hydrogen-bond donors (Lipinski definition) is 0. The molecule has 0 unspecified atom stereocenters. The minimum absolute atomic E-state index is 0.217. The fourth-order valence-corrected chi connectivity index (χ4v) is 1.77. The van der Waals surface area contributed by atoms with Crippen LogP contribution in [0.15, 0.2) is 27.2 Å². The highest BCUT2D eigenvalue weighted by Crippen LogP contribution is 2.32. The molecule has 3 nitrogen and oxygen atoms in total. The molecule has 0 saturated heterocycles. The number of halogens is 3. The summed E-state index contributed by atoms with van der Waals surface area (Å²) in [4.78, 5) is 4.09. The predicted molar refractivity (Wildman–Crippen MR) is 62.0 cm³/mol. The minimum Gasteiger partial charge on any atom is -0.334 e. The van der Waals surface area contributed by atoms with Crippen LogP contribution in [0.5, 0.6) is 0 Å². The van der Waals surface area contributed by atoms with Gasteiger partial charge in [-0.25, -0.2) is 0 Å². The zero-order chi connectivity index (χ0) is 10.8. The van der Waals surface area contributed by atoms with Crippen LogP contribution in [0.4, 0.5) is 0 Å². The molecule has 0 fully saturated rings. The Hall–Kier alpha value is -0.580. The Kier molecular flexibility index (Phi) is 3.29. The summed E-state index contributed by atoms with van der Waals surface area (Å²) in [6, 6.07) is 5.49. The van der Waals surface area contributed by atoms with Crippen molar-refractivity contribution in [1.82, 2.24) is 10.1 Å². The molecule has 0 N–H and O–H groups in total. The van der Waals surface area contributed by atoms with Crippen LogP contribution in [0.3, 0.4) is 0 Å². The van der Waals surface area contributed by atoms with E-state index in [1.165, 1.54) is 0 Å². The average Bonchev–Trinajstić information content (AvgIpc) is 2.70. The molecule has 0 aliphatic rings. The molecule has 0 bridgehead atoms. The molecular weight excluding hydrogens is 303 g/mol. The van der Waals surface area contributed by atoms with Gasteiger partial charge in [0.2, 0.25) is 0 Å². The van der Waals surface area contributed by atoms with Crippen molar-refractivity contribution in [1.29, 1.82) is 0 Å². The molecule has 1 aromatic heterocycles. The van der Waals surface area contributed by atoms with Crippen LogP contribution in [0.1, 0.15) is 5.82 Å². The zero-order valence-corrected chi connectivity index (χ0v) is 10.5. The molecular formula is C9H5BrCl2N2O. The highest BCUT2D eigenvalue weighted by molar-refractivity contribution is 9.10. The first kappa shape index (κ1) is 10.9. The lowest BCUT2D eigenvalue weighted by Gasteiger charge is -1.99. The van der Waals surface area contributed by atoms with Gasteiger partial charge in [-0.05, 0) is 28.1 Å². The van der Waals surface area contributed by atoms with Crippen LogP contribution in [0, 0.1) is 0 Å². The molecule has 0 spiro atoms. The standard InChI is InChI=1S/C9H5BrCl2N2O/c10-6-3-1-2-5(8(6)12)9-13-7(4-11)14-15-9/h1-3H,4H2. The van der Waals surface area contributed by atoms with E-state index in [-0.39, 0.29) is 5.88 Å². The van der Waals surface area contributed by atoms with Gasteiger partial charge in [-0.1, -0.05) is 22.8 Å². The highest BCUT2D eigenvalue weighted by atomic mass is 79.9. The number of benzene rings is 1. The molecule has 6 heteroatoms. The van der Waals surface area contributed by atoms with Crippen molar-refractivity contribution in [2.24, 2.45) is 0 Å². The number of nitrogens with zero attached hydrogens (tertiary/aromatic N) is 2. The SMILES string of the molecule is ClCc1noc(-c2cccc(Br)c2Cl)n1. The first-order valence-electron chi connectivity index (χ1n) is 4.05. The van der Waals surface area contributed by atoms with Gasteiger partial charge >= 0.3 is 0 Å². The number of rotatable bonds is 2. The van der Waals surface area contributed by atoms with Gasteiger partial charge in [-0.3, -0.25) is 0 Å². The summed E-state index contributed by atoms with van der Waals surface area (Å²) in [5.41, 5.74) is 0.690.